The molecule has 3 atom stereocenters. The Morgan fingerprint density at radius 2 is 1.77 bits per heavy atom. The van der Waals surface area contributed by atoms with Crippen LogP contribution in [0.5, 0.6) is 0 Å². The average Bonchev–Trinajstić information content (AvgIpc) is 2.45. The summed E-state index contributed by atoms with van der Waals surface area (Å²) in [6, 6.07) is 0. The van der Waals surface area contributed by atoms with Gasteiger partial charge in [0, 0.05) is 0 Å². The molecule has 0 amide bonds. The molecular weight excluding hydrogens is 155 g/mol. The van der Waals surface area contributed by atoms with E-state index in [4.69, 9.17) is 0 Å². The van der Waals surface area contributed by atoms with Crippen molar-refractivity contribution in [2.24, 2.45) is 17.3 Å². The number of hydrogen-bond donors (Lipinski definition) is 0. The standard InChI is InChI=1S/C12H23B/c1-12(2,3)10-8-13-11-7-5-4-6-9(10)11/h9-11,13H,4-8H2,1-3H3. The van der Waals surface area contributed by atoms with Crippen LogP contribution in [0.1, 0.15) is 46.5 Å². The van der Waals surface area contributed by atoms with Crippen molar-refractivity contribution < 1.29 is 0 Å². The molecule has 2 rings (SSSR count). The SMILES string of the molecule is CC(C)(C)C1CBC2CCCCC21. The molecule has 1 saturated carbocycles. The van der Waals surface area contributed by atoms with Gasteiger partial charge >= 0.3 is 0 Å². The fraction of sp³-hybridized carbons (Fsp3) is 1.00. The number of fused-ring (bicyclic) bond motifs is 1. The average molecular weight is 178 g/mol. The van der Waals surface area contributed by atoms with E-state index in [2.05, 4.69) is 20.8 Å². The first-order valence-electron chi connectivity index (χ1n) is 6.09. The molecule has 1 saturated heterocycles. The van der Waals surface area contributed by atoms with Crippen LogP contribution < -0.4 is 0 Å². The minimum absolute atomic E-state index is 0.566. The van der Waals surface area contributed by atoms with Crippen LogP contribution in [0.15, 0.2) is 0 Å². The van der Waals surface area contributed by atoms with Crippen molar-refractivity contribution in [3.8, 4) is 0 Å². The van der Waals surface area contributed by atoms with Gasteiger partial charge in [-0.25, -0.2) is 0 Å². The molecule has 0 spiro atoms. The van der Waals surface area contributed by atoms with E-state index in [0.717, 1.165) is 17.7 Å². The van der Waals surface area contributed by atoms with E-state index in [1.54, 1.807) is 0 Å². The summed E-state index contributed by atoms with van der Waals surface area (Å²) in [5.41, 5.74) is 0.566. The molecule has 13 heavy (non-hydrogen) atoms. The lowest BCUT2D eigenvalue weighted by molar-refractivity contribution is 0.159. The third kappa shape index (κ3) is 1.80. The van der Waals surface area contributed by atoms with Gasteiger partial charge in [-0.05, 0) is 17.3 Å². The van der Waals surface area contributed by atoms with Gasteiger partial charge in [-0.3, -0.25) is 0 Å². The zero-order chi connectivity index (χ0) is 9.47. The van der Waals surface area contributed by atoms with E-state index >= 15 is 0 Å². The summed E-state index contributed by atoms with van der Waals surface area (Å²) >= 11 is 0. The summed E-state index contributed by atoms with van der Waals surface area (Å²) < 4.78 is 0. The summed E-state index contributed by atoms with van der Waals surface area (Å²) in [5, 5.41) is 0. The second-order valence-electron chi connectivity index (χ2n) is 6.26. The molecule has 1 aliphatic heterocycles. The molecule has 3 unspecified atom stereocenters. The second kappa shape index (κ2) is 3.33. The van der Waals surface area contributed by atoms with Crippen molar-refractivity contribution in [3.63, 3.8) is 0 Å². The molecule has 2 fully saturated rings. The molecule has 0 nitrogen and oxygen atoms in total. The Morgan fingerprint density at radius 3 is 2.46 bits per heavy atom. The van der Waals surface area contributed by atoms with Crippen LogP contribution in [0.2, 0.25) is 12.1 Å². The molecular formula is C12H23B. The maximum absolute atomic E-state index is 2.44. The Bertz CT molecular complexity index is 180. The van der Waals surface area contributed by atoms with Gasteiger partial charge in [-0.2, -0.15) is 0 Å². The van der Waals surface area contributed by atoms with Crippen LogP contribution in [0, 0.1) is 17.3 Å². The Balaban J connectivity index is 2.07. The Kier molecular flexibility index (Phi) is 2.46. The molecule has 0 aromatic heterocycles. The van der Waals surface area contributed by atoms with Crippen LogP contribution in [-0.4, -0.2) is 7.28 Å². The number of hydrogen-bond acceptors (Lipinski definition) is 0. The smallest absolute Gasteiger partial charge is 0.0736 e. The molecule has 0 aromatic carbocycles. The molecule has 1 heteroatoms. The highest BCUT2D eigenvalue weighted by atomic mass is 14.4. The molecule has 0 bridgehead atoms. The highest BCUT2D eigenvalue weighted by Gasteiger charge is 2.42. The highest BCUT2D eigenvalue weighted by molar-refractivity contribution is 6.39. The molecule has 1 aliphatic carbocycles. The van der Waals surface area contributed by atoms with E-state index in [1.807, 2.05) is 0 Å². The van der Waals surface area contributed by atoms with Crippen molar-refractivity contribution in [2.75, 3.05) is 0 Å². The summed E-state index contributed by atoms with van der Waals surface area (Å²) in [5.74, 6) is 3.23. The van der Waals surface area contributed by atoms with Crippen LogP contribution in [-0.2, 0) is 0 Å². The molecule has 0 radical (unpaired) electrons. The lowest BCUT2D eigenvalue weighted by Gasteiger charge is -2.37. The predicted molar refractivity (Wildman–Crippen MR) is 60.6 cm³/mol. The summed E-state index contributed by atoms with van der Waals surface area (Å²) in [6.07, 6.45) is 7.61. The zero-order valence-corrected chi connectivity index (χ0v) is 9.47. The highest BCUT2D eigenvalue weighted by Crippen LogP contribution is 2.52. The summed E-state index contributed by atoms with van der Waals surface area (Å²) in [4.78, 5) is 0. The minimum Gasteiger partial charge on any atom is -0.0736 e. The van der Waals surface area contributed by atoms with Gasteiger partial charge in [0.1, 0.15) is 7.28 Å². The van der Waals surface area contributed by atoms with Gasteiger partial charge in [0.2, 0.25) is 0 Å². The molecule has 1 heterocycles. The van der Waals surface area contributed by atoms with Gasteiger partial charge in [0.25, 0.3) is 0 Å². The van der Waals surface area contributed by atoms with Gasteiger partial charge < -0.3 is 0 Å². The van der Waals surface area contributed by atoms with E-state index < -0.39 is 0 Å². The monoisotopic (exact) mass is 178 g/mol. The lowest BCUT2D eigenvalue weighted by atomic mass is 9.61. The summed E-state index contributed by atoms with van der Waals surface area (Å²) in [7, 11) is 1.53. The number of rotatable bonds is 0. The zero-order valence-electron chi connectivity index (χ0n) is 9.47. The van der Waals surface area contributed by atoms with E-state index in [1.165, 1.54) is 39.3 Å². The third-order valence-electron chi connectivity index (χ3n) is 4.45. The fourth-order valence-corrected chi connectivity index (χ4v) is 3.81. The maximum atomic E-state index is 2.44. The van der Waals surface area contributed by atoms with Gasteiger partial charge in [-0.1, -0.05) is 58.6 Å². The molecule has 2 aliphatic rings. The van der Waals surface area contributed by atoms with Crippen LogP contribution in [0.4, 0.5) is 0 Å². The van der Waals surface area contributed by atoms with E-state index in [0.29, 0.717) is 5.41 Å². The Labute approximate surface area is 83.7 Å². The Hall–Kier alpha value is 0.0649. The van der Waals surface area contributed by atoms with E-state index in [-0.39, 0.29) is 0 Å². The van der Waals surface area contributed by atoms with Crippen LogP contribution in [0.3, 0.4) is 0 Å². The van der Waals surface area contributed by atoms with Crippen molar-refractivity contribution in [1.82, 2.24) is 0 Å². The normalized spacial score (nSPS) is 39.8. The first-order valence-corrected chi connectivity index (χ1v) is 6.09. The van der Waals surface area contributed by atoms with Gasteiger partial charge in [-0.15, -0.1) is 0 Å². The van der Waals surface area contributed by atoms with Gasteiger partial charge in [0.05, 0.1) is 0 Å². The van der Waals surface area contributed by atoms with Crippen LogP contribution in [0.25, 0.3) is 0 Å². The third-order valence-corrected chi connectivity index (χ3v) is 4.45. The maximum Gasteiger partial charge on any atom is 0.124 e. The minimum atomic E-state index is 0.566. The van der Waals surface area contributed by atoms with Crippen LogP contribution >= 0.6 is 0 Å². The Morgan fingerprint density at radius 1 is 1.08 bits per heavy atom. The quantitative estimate of drug-likeness (QED) is 0.498. The van der Waals surface area contributed by atoms with Crippen molar-refractivity contribution in [1.29, 1.82) is 0 Å². The van der Waals surface area contributed by atoms with Crippen molar-refractivity contribution >= 4 is 7.28 Å². The largest absolute Gasteiger partial charge is 0.124 e. The fourth-order valence-electron chi connectivity index (χ4n) is 3.81. The molecule has 74 valence electrons. The lowest BCUT2D eigenvalue weighted by Crippen LogP contribution is -2.26. The summed E-state index contributed by atoms with van der Waals surface area (Å²) in [6.45, 7) is 7.32. The first kappa shape index (κ1) is 9.61. The topological polar surface area (TPSA) is 0 Å². The predicted octanol–water partition coefficient (Wildman–Crippen LogP) is 3.50. The van der Waals surface area contributed by atoms with E-state index in [9.17, 15) is 0 Å². The van der Waals surface area contributed by atoms with Crippen molar-refractivity contribution in [3.05, 3.63) is 0 Å². The van der Waals surface area contributed by atoms with Gasteiger partial charge in [0.15, 0.2) is 0 Å². The second-order valence-corrected chi connectivity index (χ2v) is 6.26. The van der Waals surface area contributed by atoms with Crippen molar-refractivity contribution in [2.45, 2.75) is 58.6 Å². The molecule has 0 N–H and O–H groups in total. The molecule has 0 aromatic rings. The first-order chi connectivity index (χ1) is 6.09.